The smallest absolute Gasteiger partial charge is 0.273 e. The summed E-state index contributed by atoms with van der Waals surface area (Å²) in [5.41, 5.74) is 2.38. The molecular formula is C26H28ClN9O2. The van der Waals surface area contributed by atoms with Gasteiger partial charge >= 0.3 is 0 Å². The van der Waals surface area contributed by atoms with Crippen molar-refractivity contribution in [3.8, 4) is 17.1 Å². The Balaban J connectivity index is 1.38. The Hall–Kier alpha value is -4.51. The third kappa shape index (κ3) is 7.26. The lowest BCUT2D eigenvalue weighted by atomic mass is 10.2. The van der Waals surface area contributed by atoms with Crippen LogP contribution in [0.1, 0.15) is 23.1 Å². The highest BCUT2D eigenvalue weighted by Gasteiger charge is 2.16. The van der Waals surface area contributed by atoms with Crippen LogP contribution in [0.15, 0.2) is 60.7 Å². The molecule has 0 spiro atoms. The van der Waals surface area contributed by atoms with E-state index >= 15 is 0 Å². The van der Waals surface area contributed by atoms with Gasteiger partial charge in [-0.1, -0.05) is 29.8 Å². The van der Waals surface area contributed by atoms with Gasteiger partial charge in [-0.3, -0.25) is 9.59 Å². The molecule has 2 aromatic carbocycles. The molecule has 0 fully saturated rings. The number of hydrogen-bond acceptors (Lipinski definition) is 8. The number of aromatic nitrogens is 5. The number of amides is 2. The van der Waals surface area contributed by atoms with Crippen LogP contribution in [0.4, 0.5) is 11.6 Å². The fourth-order valence-electron chi connectivity index (χ4n) is 3.50. The number of anilines is 2. The molecule has 0 aliphatic heterocycles. The van der Waals surface area contributed by atoms with Gasteiger partial charge in [-0.2, -0.15) is 9.90 Å². The molecule has 0 atom stereocenters. The molecule has 196 valence electrons. The molecule has 4 N–H and O–H groups in total. The van der Waals surface area contributed by atoms with Crippen LogP contribution in [-0.4, -0.2) is 63.0 Å². The quantitative estimate of drug-likeness (QED) is 0.216. The van der Waals surface area contributed by atoms with Gasteiger partial charge in [0, 0.05) is 49.8 Å². The molecule has 0 bridgehead atoms. The van der Waals surface area contributed by atoms with Crippen LogP contribution in [0.25, 0.3) is 17.1 Å². The second-order valence-electron chi connectivity index (χ2n) is 8.32. The van der Waals surface area contributed by atoms with Crippen LogP contribution in [0, 0.1) is 6.92 Å². The number of aryl methyl sites for hydroxylation is 1. The summed E-state index contributed by atoms with van der Waals surface area (Å²) < 4.78 is 0. The van der Waals surface area contributed by atoms with E-state index in [1.54, 1.807) is 25.1 Å². The van der Waals surface area contributed by atoms with Crippen molar-refractivity contribution in [2.24, 2.45) is 0 Å². The average Bonchev–Trinajstić information content (AvgIpc) is 3.31. The Labute approximate surface area is 225 Å². The van der Waals surface area contributed by atoms with Gasteiger partial charge in [0.2, 0.25) is 5.91 Å². The molecule has 2 aromatic heterocycles. The molecule has 2 heterocycles. The molecule has 0 radical (unpaired) electrons. The minimum atomic E-state index is -0.309. The van der Waals surface area contributed by atoms with E-state index in [9.17, 15) is 9.59 Å². The van der Waals surface area contributed by atoms with Crippen molar-refractivity contribution in [2.45, 2.75) is 13.8 Å². The van der Waals surface area contributed by atoms with Gasteiger partial charge in [0.1, 0.15) is 11.6 Å². The Morgan fingerprint density at radius 3 is 2.11 bits per heavy atom. The Morgan fingerprint density at radius 1 is 0.842 bits per heavy atom. The minimum Gasteiger partial charge on any atom is -0.368 e. The third-order valence-electron chi connectivity index (χ3n) is 5.33. The van der Waals surface area contributed by atoms with Crippen LogP contribution in [0.5, 0.6) is 0 Å². The van der Waals surface area contributed by atoms with Gasteiger partial charge in [0.15, 0.2) is 11.5 Å². The van der Waals surface area contributed by atoms with Crippen molar-refractivity contribution in [1.82, 2.24) is 35.6 Å². The van der Waals surface area contributed by atoms with Gasteiger partial charge in [0.05, 0.1) is 11.4 Å². The predicted octanol–water partition coefficient (Wildman–Crippen LogP) is 3.08. The molecule has 0 aliphatic carbocycles. The summed E-state index contributed by atoms with van der Waals surface area (Å²) in [6, 6.07) is 18.4. The van der Waals surface area contributed by atoms with Crippen molar-refractivity contribution in [3.05, 3.63) is 77.1 Å². The summed E-state index contributed by atoms with van der Waals surface area (Å²) in [7, 11) is 0. The fraction of sp³-hybridized carbons (Fsp3) is 0.231. The number of nitrogens with one attached hydrogen (secondary N) is 4. The number of hydrogen-bond donors (Lipinski definition) is 4. The standard InChI is InChI=1S/C26H28ClN9O2/c1-17-24(35-36(34-17)21-6-4-3-5-7-21)26(38)31-15-14-30-23-16-22(29-13-12-28-18(2)37)32-25(33-23)19-8-10-20(27)11-9-19/h3-11,16H,12-15H2,1-2H3,(H,28,37)(H,31,38)(H2,29,30,32,33). The third-order valence-corrected chi connectivity index (χ3v) is 5.59. The van der Waals surface area contributed by atoms with Crippen LogP contribution >= 0.6 is 11.6 Å². The second kappa shape index (κ2) is 12.6. The second-order valence-corrected chi connectivity index (χ2v) is 8.76. The normalized spacial score (nSPS) is 10.6. The topological polar surface area (TPSA) is 139 Å². The summed E-state index contributed by atoms with van der Waals surface area (Å²) in [5.74, 6) is 1.27. The van der Waals surface area contributed by atoms with E-state index in [4.69, 9.17) is 11.6 Å². The van der Waals surface area contributed by atoms with Gasteiger partial charge in [0.25, 0.3) is 5.91 Å². The molecule has 11 nitrogen and oxygen atoms in total. The molecule has 4 aromatic rings. The van der Waals surface area contributed by atoms with Gasteiger partial charge < -0.3 is 21.3 Å². The first-order valence-corrected chi connectivity index (χ1v) is 12.4. The molecule has 0 saturated heterocycles. The molecule has 12 heteroatoms. The Morgan fingerprint density at radius 2 is 1.47 bits per heavy atom. The Kier molecular flexibility index (Phi) is 8.83. The molecule has 0 unspecified atom stereocenters. The highest BCUT2D eigenvalue weighted by atomic mass is 35.5. The van der Waals surface area contributed by atoms with Gasteiger partial charge in [-0.05, 0) is 43.3 Å². The summed E-state index contributed by atoms with van der Waals surface area (Å²) >= 11 is 6.02. The highest BCUT2D eigenvalue weighted by molar-refractivity contribution is 6.30. The number of benzene rings is 2. The lowest BCUT2D eigenvalue weighted by Gasteiger charge is -2.12. The number of carbonyl (C=O) groups is 2. The molecule has 0 saturated carbocycles. The van der Waals surface area contributed by atoms with Gasteiger partial charge in [-0.25, -0.2) is 9.97 Å². The first-order chi connectivity index (χ1) is 18.4. The van der Waals surface area contributed by atoms with Crippen LogP contribution < -0.4 is 21.3 Å². The number of nitrogens with zero attached hydrogens (tertiary/aromatic N) is 5. The predicted molar refractivity (Wildman–Crippen MR) is 147 cm³/mol. The lowest BCUT2D eigenvalue weighted by Crippen LogP contribution is -2.30. The van der Waals surface area contributed by atoms with E-state index in [0.29, 0.717) is 54.4 Å². The zero-order valence-corrected chi connectivity index (χ0v) is 21.8. The van der Waals surface area contributed by atoms with Crippen molar-refractivity contribution < 1.29 is 9.59 Å². The van der Waals surface area contributed by atoms with Crippen molar-refractivity contribution in [1.29, 1.82) is 0 Å². The number of rotatable bonds is 11. The number of carbonyl (C=O) groups excluding carboxylic acids is 2. The van der Waals surface area contributed by atoms with Crippen molar-refractivity contribution >= 4 is 35.1 Å². The van der Waals surface area contributed by atoms with E-state index in [1.165, 1.54) is 11.7 Å². The van der Waals surface area contributed by atoms with Crippen molar-refractivity contribution in [3.63, 3.8) is 0 Å². The molecule has 2 amide bonds. The minimum absolute atomic E-state index is 0.0986. The number of halogens is 1. The molecular weight excluding hydrogens is 506 g/mol. The van der Waals surface area contributed by atoms with E-state index in [0.717, 1.165) is 11.3 Å². The monoisotopic (exact) mass is 533 g/mol. The Bertz CT molecular complexity index is 1390. The summed E-state index contributed by atoms with van der Waals surface area (Å²) in [5, 5.41) is 21.3. The largest absolute Gasteiger partial charge is 0.368 e. The van der Waals surface area contributed by atoms with E-state index < -0.39 is 0 Å². The van der Waals surface area contributed by atoms with Crippen LogP contribution in [0.2, 0.25) is 5.02 Å². The maximum atomic E-state index is 12.7. The SMILES string of the molecule is CC(=O)NCCNc1cc(NCCNC(=O)c2nn(-c3ccccc3)nc2C)nc(-c2ccc(Cl)cc2)n1. The number of para-hydroxylation sites is 1. The lowest BCUT2D eigenvalue weighted by molar-refractivity contribution is -0.118. The van der Waals surface area contributed by atoms with Crippen molar-refractivity contribution in [2.75, 3.05) is 36.8 Å². The maximum Gasteiger partial charge on any atom is 0.273 e. The zero-order valence-electron chi connectivity index (χ0n) is 21.0. The summed E-state index contributed by atoms with van der Waals surface area (Å²) in [6.07, 6.45) is 0. The molecule has 0 aliphatic rings. The fourth-order valence-corrected chi connectivity index (χ4v) is 3.63. The summed E-state index contributed by atoms with van der Waals surface area (Å²) in [4.78, 5) is 34.5. The maximum absolute atomic E-state index is 12.7. The first-order valence-electron chi connectivity index (χ1n) is 12.0. The first kappa shape index (κ1) is 26.6. The van der Waals surface area contributed by atoms with E-state index in [1.807, 2.05) is 42.5 Å². The molecule has 4 rings (SSSR count). The van der Waals surface area contributed by atoms with E-state index in [2.05, 4.69) is 41.4 Å². The van der Waals surface area contributed by atoms with Gasteiger partial charge in [-0.15, -0.1) is 5.10 Å². The average molecular weight is 534 g/mol. The van der Waals surface area contributed by atoms with E-state index in [-0.39, 0.29) is 17.5 Å². The molecule has 38 heavy (non-hydrogen) atoms. The van der Waals surface area contributed by atoms with Crippen LogP contribution in [-0.2, 0) is 4.79 Å². The van der Waals surface area contributed by atoms with Crippen LogP contribution in [0.3, 0.4) is 0 Å². The highest BCUT2D eigenvalue weighted by Crippen LogP contribution is 2.22. The summed E-state index contributed by atoms with van der Waals surface area (Å²) in [6.45, 7) is 4.92. The zero-order chi connectivity index (χ0) is 26.9.